The molecule has 82 valence electrons. The van der Waals surface area contributed by atoms with Crippen molar-refractivity contribution in [3.63, 3.8) is 0 Å². The summed E-state index contributed by atoms with van der Waals surface area (Å²) in [4.78, 5) is 0. The molecule has 1 aromatic heterocycles. The minimum absolute atomic E-state index is 0.00704. The van der Waals surface area contributed by atoms with Crippen LogP contribution in [0.15, 0.2) is 15.2 Å². The summed E-state index contributed by atoms with van der Waals surface area (Å²) in [5.41, 5.74) is 3.40. The molecule has 0 atom stereocenters. The van der Waals surface area contributed by atoms with Crippen molar-refractivity contribution in [2.24, 2.45) is 0 Å². The van der Waals surface area contributed by atoms with Crippen LogP contribution in [0, 0.1) is 0 Å². The third-order valence-corrected chi connectivity index (χ3v) is 2.64. The molecule has 1 aromatic carbocycles. The van der Waals surface area contributed by atoms with E-state index in [1.165, 1.54) is 0 Å². The minimum atomic E-state index is -0.00704. The normalized spacial score (nSPS) is 12.5. The van der Waals surface area contributed by atoms with Crippen molar-refractivity contribution in [1.29, 1.82) is 0 Å². The average Bonchev–Trinajstić information content (AvgIpc) is 2.05. The second kappa shape index (κ2) is 3.05. The Kier molecular flexibility index (Phi) is 2.07. The molecule has 3 nitrogen and oxygen atoms in total. The largest absolute Gasteiger partial charge is 0.504 e. The van der Waals surface area contributed by atoms with Crippen molar-refractivity contribution in [3.05, 3.63) is 17.2 Å². The fourth-order valence-electron chi connectivity index (χ4n) is 1.99. The lowest BCUT2D eigenvalue weighted by atomic mass is 9.82. The highest BCUT2D eigenvalue weighted by atomic mass is 17.0. The number of phenols is 1. The molecule has 0 spiro atoms. The first kappa shape index (κ1) is 10.1. The van der Waals surface area contributed by atoms with E-state index in [-0.39, 0.29) is 11.2 Å². The van der Waals surface area contributed by atoms with Gasteiger partial charge in [-0.3, -0.25) is 9.15 Å². The zero-order valence-corrected chi connectivity index (χ0v) is 9.55. The Balaban J connectivity index is 2.76. The Morgan fingerprint density at radius 3 is 2.20 bits per heavy atom. The zero-order valence-electron chi connectivity index (χ0n) is 9.55. The molecule has 0 aliphatic rings. The number of phenolic OH excluding ortho intramolecular Hbond substituents is 1. The van der Waals surface area contributed by atoms with Gasteiger partial charge in [-0.1, -0.05) is 27.7 Å². The average molecular weight is 208 g/mol. The number of fused-ring (bicyclic) bond motifs is 1. The molecule has 0 amide bonds. The van der Waals surface area contributed by atoms with Crippen LogP contribution in [0.3, 0.4) is 0 Å². The number of aromatic hydroxyl groups is 1. The van der Waals surface area contributed by atoms with Crippen LogP contribution in [0.25, 0.3) is 11.2 Å². The van der Waals surface area contributed by atoms with Crippen molar-refractivity contribution in [3.8, 4) is 5.75 Å². The number of hydrogen-bond acceptors (Lipinski definition) is 3. The van der Waals surface area contributed by atoms with Crippen molar-refractivity contribution < 1.29 is 14.3 Å². The maximum absolute atomic E-state index is 9.65. The maximum atomic E-state index is 9.65. The number of rotatable bonds is 1. The Hall–Kier alpha value is -1.38. The third kappa shape index (κ3) is 1.42. The van der Waals surface area contributed by atoms with Gasteiger partial charge in [0.1, 0.15) is 0 Å². The van der Waals surface area contributed by atoms with Gasteiger partial charge in [-0.2, -0.15) is 0 Å². The predicted octanol–water partition coefficient (Wildman–Crippen LogP) is 3.59. The van der Waals surface area contributed by atoms with E-state index in [0.717, 1.165) is 17.5 Å². The van der Waals surface area contributed by atoms with Gasteiger partial charge >= 0.3 is 0 Å². The molecule has 1 N–H and O–H groups in total. The molecular formula is C12H16O3. The summed E-state index contributed by atoms with van der Waals surface area (Å²) in [6, 6.07) is 1.77. The number of benzene rings is 1. The van der Waals surface area contributed by atoms with Crippen LogP contribution >= 0.6 is 0 Å². The predicted molar refractivity (Wildman–Crippen MR) is 58.2 cm³/mol. The highest BCUT2D eigenvalue weighted by molar-refractivity contribution is 5.83. The van der Waals surface area contributed by atoms with E-state index < -0.39 is 0 Å². The van der Waals surface area contributed by atoms with E-state index in [0.29, 0.717) is 11.2 Å². The summed E-state index contributed by atoms with van der Waals surface area (Å²) in [7, 11) is 0. The molecule has 2 aromatic rings. The summed E-state index contributed by atoms with van der Waals surface area (Å²) >= 11 is 0. The van der Waals surface area contributed by atoms with Gasteiger partial charge in [-0.15, -0.1) is 0 Å². The lowest BCUT2D eigenvalue weighted by molar-refractivity contribution is 0.0547. The van der Waals surface area contributed by atoms with Crippen LogP contribution in [0.5, 0.6) is 5.75 Å². The fourth-order valence-corrected chi connectivity index (χ4v) is 1.99. The van der Waals surface area contributed by atoms with Gasteiger partial charge in [-0.05, 0) is 23.5 Å². The van der Waals surface area contributed by atoms with Crippen LogP contribution in [-0.2, 0) is 11.8 Å². The van der Waals surface area contributed by atoms with Crippen molar-refractivity contribution in [2.45, 2.75) is 39.5 Å². The smallest absolute Gasteiger partial charge is 0.267 e. The summed E-state index contributed by atoms with van der Waals surface area (Å²) in [5.74, 6) is 0.168. The lowest BCUT2D eigenvalue weighted by Gasteiger charge is -2.23. The zero-order chi connectivity index (χ0) is 11.2. The van der Waals surface area contributed by atoms with E-state index in [9.17, 15) is 5.11 Å². The van der Waals surface area contributed by atoms with Crippen LogP contribution in [0.2, 0.25) is 0 Å². The molecule has 0 saturated carbocycles. The summed E-state index contributed by atoms with van der Waals surface area (Å²) in [6.07, 6.45) is 0.872. The van der Waals surface area contributed by atoms with Gasteiger partial charge in [0.15, 0.2) is 5.75 Å². The highest BCUT2D eigenvalue weighted by Gasteiger charge is 2.27. The number of aryl methyl sites for hydroxylation is 1. The first-order valence-electron chi connectivity index (χ1n) is 5.19. The molecule has 0 bridgehead atoms. The van der Waals surface area contributed by atoms with Crippen LogP contribution in [0.4, 0.5) is 0 Å². The summed E-state index contributed by atoms with van der Waals surface area (Å²) in [5, 5.41) is 9.65. The SMILES string of the molecule is CCc1cc(O)c2ooc2c1C(C)(C)C. The van der Waals surface area contributed by atoms with E-state index in [4.69, 9.17) is 9.15 Å². The molecule has 0 saturated heterocycles. The van der Waals surface area contributed by atoms with Gasteiger partial charge in [0.25, 0.3) is 5.58 Å². The van der Waals surface area contributed by atoms with E-state index >= 15 is 0 Å². The summed E-state index contributed by atoms with van der Waals surface area (Å²) < 4.78 is 9.79. The van der Waals surface area contributed by atoms with Gasteiger partial charge in [0, 0.05) is 5.56 Å². The number of hydrogen-bond donors (Lipinski definition) is 1. The molecule has 2 rings (SSSR count). The second-order valence-corrected chi connectivity index (χ2v) is 4.86. The quantitative estimate of drug-likeness (QED) is 0.728. The van der Waals surface area contributed by atoms with Gasteiger partial charge < -0.3 is 5.11 Å². The van der Waals surface area contributed by atoms with Crippen molar-refractivity contribution >= 4 is 11.2 Å². The van der Waals surface area contributed by atoms with Crippen molar-refractivity contribution in [1.82, 2.24) is 0 Å². The molecule has 0 unspecified atom stereocenters. The Morgan fingerprint density at radius 1 is 1.20 bits per heavy atom. The van der Waals surface area contributed by atoms with Crippen LogP contribution in [0.1, 0.15) is 38.8 Å². The standard InChI is InChI=1S/C12H16O3/c1-5-7-6-8(13)10-11(15-14-10)9(7)12(2,3)4/h6,13H,5H2,1-4H3. The highest BCUT2D eigenvalue weighted by Crippen LogP contribution is 2.39. The monoisotopic (exact) mass is 208 g/mol. The van der Waals surface area contributed by atoms with Crippen molar-refractivity contribution in [2.75, 3.05) is 0 Å². The van der Waals surface area contributed by atoms with Crippen LogP contribution < -0.4 is 0 Å². The van der Waals surface area contributed by atoms with Gasteiger partial charge in [0.05, 0.1) is 0 Å². The van der Waals surface area contributed by atoms with E-state index in [2.05, 4.69) is 27.7 Å². The molecule has 0 aliphatic heterocycles. The first-order valence-corrected chi connectivity index (χ1v) is 5.19. The molecule has 0 fully saturated rings. The molecule has 15 heavy (non-hydrogen) atoms. The summed E-state index contributed by atoms with van der Waals surface area (Å²) in [6.45, 7) is 8.44. The Labute approximate surface area is 88.6 Å². The topological polar surface area (TPSA) is 46.5 Å². The van der Waals surface area contributed by atoms with E-state index in [1.54, 1.807) is 6.07 Å². The molecule has 0 aliphatic carbocycles. The Bertz CT molecular complexity index is 483. The molecule has 3 heteroatoms. The molecule has 0 radical (unpaired) electrons. The lowest BCUT2D eigenvalue weighted by Crippen LogP contribution is -2.15. The third-order valence-electron chi connectivity index (χ3n) is 2.64. The fraction of sp³-hybridized carbons (Fsp3) is 0.500. The Morgan fingerprint density at radius 2 is 1.80 bits per heavy atom. The minimum Gasteiger partial charge on any atom is -0.504 e. The molecule has 1 heterocycles. The second-order valence-electron chi connectivity index (χ2n) is 4.86. The van der Waals surface area contributed by atoms with Crippen LogP contribution in [-0.4, -0.2) is 5.11 Å². The van der Waals surface area contributed by atoms with Gasteiger partial charge in [0.2, 0.25) is 5.58 Å². The molecular weight excluding hydrogens is 192 g/mol. The van der Waals surface area contributed by atoms with E-state index in [1.807, 2.05) is 0 Å². The van der Waals surface area contributed by atoms with Gasteiger partial charge in [-0.25, -0.2) is 0 Å². The maximum Gasteiger partial charge on any atom is 0.267 e. The first-order chi connectivity index (χ1) is 6.95.